The number of imidazole rings is 1. The lowest BCUT2D eigenvalue weighted by molar-refractivity contribution is 0.478. The number of hydrogen-bond acceptors (Lipinski definition) is 3. The van der Waals surface area contributed by atoms with Gasteiger partial charge in [-0.25, -0.2) is 4.98 Å². The number of aromatic hydroxyl groups is 1. The van der Waals surface area contributed by atoms with Gasteiger partial charge in [0.2, 0.25) is 0 Å². The number of anilines is 1. The third kappa shape index (κ3) is 1.89. The average Bonchev–Trinajstić information content (AvgIpc) is 2.82. The summed E-state index contributed by atoms with van der Waals surface area (Å²) in [5, 5.41) is 10.4. The number of phenols is 1. The molecule has 0 amide bonds. The number of hydrogen-bond donors (Lipinski definition) is 2. The van der Waals surface area contributed by atoms with Crippen LogP contribution in [0.4, 0.5) is 5.69 Å². The Balaban J connectivity index is 2.30. The average molecular weight is 288 g/mol. The summed E-state index contributed by atoms with van der Waals surface area (Å²) in [6, 6.07) is 10.8. The number of aryl methyl sites for hydroxylation is 1. The van der Waals surface area contributed by atoms with Gasteiger partial charge in [0, 0.05) is 12.1 Å². The number of fused-ring (bicyclic) bond motifs is 1. The lowest BCUT2D eigenvalue weighted by Gasteiger charge is -2.08. The van der Waals surface area contributed by atoms with E-state index in [4.69, 9.17) is 17.3 Å². The second-order valence-electron chi connectivity index (χ2n) is 4.56. The highest BCUT2D eigenvalue weighted by Crippen LogP contribution is 2.32. The van der Waals surface area contributed by atoms with Crippen LogP contribution in [0.3, 0.4) is 0 Å². The standard InChI is InChI=1S/C15H14ClN3O/c1-2-19-14-10(16)4-3-5-12(14)18-15(19)9-6-7-11(17)13(20)8-9/h3-8,20H,2,17H2,1H3. The van der Waals surface area contributed by atoms with Gasteiger partial charge < -0.3 is 15.4 Å². The van der Waals surface area contributed by atoms with Crippen molar-refractivity contribution in [1.82, 2.24) is 9.55 Å². The van der Waals surface area contributed by atoms with Gasteiger partial charge in [-0.05, 0) is 37.3 Å². The molecule has 2 aromatic carbocycles. The van der Waals surface area contributed by atoms with Gasteiger partial charge in [-0.1, -0.05) is 17.7 Å². The summed E-state index contributed by atoms with van der Waals surface area (Å²) >= 11 is 6.27. The molecule has 0 bridgehead atoms. The van der Waals surface area contributed by atoms with E-state index in [2.05, 4.69) is 4.98 Å². The summed E-state index contributed by atoms with van der Waals surface area (Å²) < 4.78 is 2.03. The normalized spacial score (nSPS) is 11.1. The molecule has 1 aromatic heterocycles. The maximum absolute atomic E-state index is 9.77. The molecule has 0 spiro atoms. The van der Waals surface area contributed by atoms with E-state index in [-0.39, 0.29) is 5.75 Å². The lowest BCUT2D eigenvalue weighted by Crippen LogP contribution is -1.98. The van der Waals surface area contributed by atoms with Gasteiger partial charge in [0.1, 0.15) is 11.6 Å². The zero-order chi connectivity index (χ0) is 14.3. The number of aromatic nitrogens is 2. The molecule has 0 saturated carbocycles. The second-order valence-corrected chi connectivity index (χ2v) is 4.97. The number of nitrogen functional groups attached to an aromatic ring is 1. The number of halogens is 1. The van der Waals surface area contributed by atoms with E-state index in [9.17, 15) is 5.11 Å². The van der Waals surface area contributed by atoms with E-state index in [1.54, 1.807) is 12.1 Å². The van der Waals surface area contributed by atoms with E-state index in [0.29, 0.717) is 10.7 Å². The first-order valence-electron chi connectivity index (χ1n) is 6.35. The van der Waals surface area contributed by atoms with Crippen molar-refractivity contribution in [3.63, 3.8) is 0 Å². The van der Waals surface area contributed by atoms with Crippen LogP contribution in [-0.2, 0) is 6.54 Å². The molecule has 20 heavy (non-hydrogen) atoms. The molecule has 0 aliphatic rings. The Labute approximate surface area is 121 Å². The van der Waals surface area contributed by atoms with Gasteiger partial charge in [0.25, 0.3) is 0 Å². The highest BCUT2D eigenvalue weighted by Gasteiger charge is 2.14. The van der Waals surface area contributed by atoms with Crippen molar-refractivity contribution in [3.8, 4) is 17.1 Å². The van der Waals surface area contributed by atoms with Crippen molar-refractivity contribution in [2.24, 2.45) is 0 Å². The van der Waals surface area contributed by atoms with Crippen LogP contribution in [0, 0.1) is 0 Å². The van der Waals surface area contributed by atoms with Crippen LogP contribution in [-0.4, -0.2) is 14.7 Å². The molecule has 5 heteroatoms. The molecule has 0 aliphatic heterocycles. The highest BCUT2D eigenvalue weighted by atomic mass is 35.5. The van der Waals surface area contributed by atoms with E-state index >= 15 is 0 Å². The first kappa shape index (κ1) is 12.8. The third-order valence-corrected chi connectivity index (χ3v) is 3.63. The Hall–Kier alpha value is -2.20. The molecule has 0 radical (unpaired) electrons. The Morgan fingerprint density at radius 3 is 2.80 bits per heavy atom. The molecule has 3 rings (SSSR count). The van der Waals surface area contributed by atoms with Crippen LogP contribution in [0.2, 0.25) is 5.02 Å². The van der Waals surface area contributed by atoms with Crippen LogP contribution in [0.5, 0.6) is 5.75 Å². The first-order chi connectivity index (χ1) is 9.61. The Bertz CT molecular complexity index is 795. The van der Waals surface area contributed by atoms with Crippen molar-refractivity contribution < 1.29 is 5.11 Å². The summed E-state index contributed by atoms with van der Waals surface area (Å²) in [5.74, 6) is 0.828. The van der Waals surface area contributed by atoms with Gasteiger partial charge in [-0.3, -0.25) is 0 Å². The fourth-order valence-electron chi connectivity index (χ4n) is 2.35. The van der Waals surface area contributed by atoms with Gasteiger partial charge in [0.05, 0.1) is 21.7 Å². The van der Waals surface area contributed by atoms with Crippen molar-refractivity contribution in [3.05, 3.63) is 41.4 Å². The van der Waals surface area contributed by atoms with Crippen LogP contribution in [0.25, 0.3) is 22.4 Å². The highest BCUT2D eigenvalue weighted by molar-refractivity contribution is 6.35. The fraction of sp³-hybridized carbons (Fsp3) is 0.133. The minimum absolute atomic E-state index is 0.0586. The predicted molar refractivity (Wildman–Crippen MR) is 81.9 cm³/mol. The third-order valence-electron chi connectivity index (χ3n) is 3.32. The Morgan fingerprint density at radius 1 is 1.30 bits per heavy atom. The first-order valence-corrected chi connectivity index (χ1v) is 6.73. The summed E-state index contributed by atoms with van der Waals surface area (Å²) in [7, 11) is 0. The maximum Gasteiger partial charge on any atom is 0.141 e. The van der Waals surface area contributed by atoms with E-state index in [0.717, 1.165) is 29.0 Å². The maximum atomic E-state index is 9.77. The zero-order valence-corrected chi connectivity index (χ0v) is 11.7. The van der Waals surface area contributed by atoms with Crippen LogP contribution in [0.15, 0.2) is 36.4 Å². The van der Waals surface area contributed by atoms with Gasteiger partial charge >= 0.3 is 0 Å². The predicted octanol–water partition coefficient (Wildman–Crippen LogP) is 3.66. The smallest absolute Gasteiger partial charge is 0.141 e. The van der Waals surface area contributed by atoms with Crippen LogP contribution in [0.1, 0.15) is 6.92 Å². The topological polar surface area (TPSA) is 64.1 Å². The molecule has 1 heterocycles. The summed E-state index contributed by atoms with van der Waals surface area (Å²) in [4.78, 5) is 4.61. The minimum atomic E-state index is 0.0586. The molecular formula is C15H14ClN3O. The second kappa shape index (κ2) is 4.72. The van der Waals surface area contributed by atoms with Crippen molar-refractivity contribution in [2.45, 2.75) is 13.5 Å². The van der Waals surface area contributed by atoms with Crippen molar-refractivity contribution in [2.75, 3.05) is 5.73 Å². The molecule has 4 nitrogen and oxygen atoms in total. The van der Waals surface area contributed by atoms with E-state index in [1.165, 1.54) is 0 Å². The number of rotatable bonds is 2. The molecule has 0 saturated heterocycles. The molecule has 0 unspecified atom stereocenters. The summed E-state index contributed by atoms with van der Waals surface area (Å²) in [5.41, 5.74) is 8.55. The van der Waals surface area contributed by atoms with Gasteiger partial charge in [-0.2, -0.15) is 0 Å². The van der Waals surface area contributed by atoms with Gasteiger partial charge in [0.15, 0.2) is 0 Å². The van der Waals surface area contributed by atoms with Crippen molar-refractivity contribution >= 4 is 28.3 Å². The molecule has 0 atom stereocenters. The Morgan fingerprint density at radius 2 is 2.10 bits per heavy atom. The van der Waals surface area contributed by atoms with Crippen LogP contribution >= 0.6 is 11.6 Å². The number of phenolic OH excluding ortho intramolecular Hbond substituents is 1. The SMILES string of the molecule is CCn1c(-c2ccc(N)c(O)c2)nc2cccc(Cl)c21. The Kier molecular flexibility index (Phi) is 3.03. The number of benzene rings is 2. The molecular weight excluding hydrogens is 274 g/mol. The van der Waals surface area contributed by atoms with Gasteiger partial charge in [-0.15, -0.1) is 0 Å². The fourth-order valence-corrected chi connectivity index (χ4v) is 2.62. The largest absolute Gasteiger partial charge is 0.506 e. The van der Waals surface area contributed by atoms with E-state index in [1.807, 2.05) is 35.8 Å². The minimum Gasteiger partial charge on any atom is -0.506 e. The lowest BCUT2D eigenvalue weighted by atomic mass is 10.2. The summed E-state index contributed by atoms with van der Waals surface area (Å²) in [6.45, 7) is 2.77. The number of nitrogens with zero attached hydrogens (tertiary/aromatic N) is 2. The molecule has 3 N–H and O–H groups in total. The molecule has 0 fully saturated rings. The number of nitrogens with two attached hydrogens (primary N) is 1. The quantitative estimate of drug-likeness (QED) is 0.558. The summed E-state index contributed by atoms with van der Waals surface area (Å²) in [6.07, 6.45) is 0. The molecule has 3 aromatic rings. The molecule has 102 valence electrons. The number of para-hydroxylation sites is 1. The molecule has 0 aliphatic carbocycles. The van der Waals surface area contributed by atoms with Crippen LogP contribution < -0.4 is 5.73 Å². The van der Waals surface area contributed by atoms with E-state index < -0.39 is 0 Å². The van der Waals surface area contributed by atoms with Crippen molar-refractivity contribution in [1.29, 1.82) is 0 Å². The zero-order valence-electron chi connectivity index (χ0n) is 11.0. The monoisotopic (exact) mass is 287 g/mol.